The molecule has 23 heavy (non-hydrogen) atoms. The van der Waals surface area contributed by atoms with Gasteiger partial charge < -0.3 is 14.2 Å². The van der Waals surface area contributed by atoms with Crippen LogP contribution >= 0.6 is 0 Å². The second kappa shape index (κ2) is 7.28. The first kappa shape index (κ1) is 17.7. The fourth-order valence-corrected chi connectivity index (χ4v) is 3.00. The van der Waals surface area contributed by atoms with Gasteiger partial charge >= 0.3 is 0 Å². The number of ether oxygens (including phenoxy) is 3. The molecule has 0 N–H and O–H groups in total. The molecule has 1 aromatic heterocycles. The molecule has 2 rings (SSSR count). The maximum Gasteiger partial charge on any atom is 0.222 e. The topological polar surface area (TPSA) is 40.6 Å². The normalized spacial score (nSPS) is 12.3. The minimum atomic E-state index is -0.503. The van der Waals surface area contributed by atoms with Gasteiger partial charge in [-0.1, -0.05) is 32.0 Å². The molecule has 4 nitrogen and oxygen atoms in total. The Morgan fingerprint density at radius 3 is 2.35 bits per heavy atom. The third-order valence-corrected chi connectivity index (χ3v) is 3.67. The summed E-state index contributed by atoms with van der Waals surface area (Å²) < 4.78 is 17.1. The molecule has 1 aromatic carbocycles. The number of benzene rings is 1. The van der Waals surface area contributed by atoms with Crippen molar-refractivity contribution in [2.24, 2.45) is 5.92 Å². The van der Waals surface area contributed by atoms with E-state index in [9.17, 15) is 0 Å². The van der Waals surface area contributed by atoms with Gasteiger partial charge in [-0.25, -0.2) is 4.98 Å². The molecule has 0 bridgehead atoms. The van der Waals surface area contributed by atoms with Crippen molar-refractivity contribution in [1.29, 1.82) is 0 Å². The molecule has 0 saturated heterocycles. The number of rotatable bonds is 7. The first-order valence-electron chi connectivity index (χ1n) is 8.00. The van der Waals surface area contributed by atoms with Gasteiger partial charge in [-0.05, 0) is 38.3 Å². The molecule has 2 aromatic rings. The van der Waals surface area contributed by atoms with Crippen LogP contribution in [0.5, 0.6) is 5.88 Å². The Hall–Kier alpha value is -1.65. The molecule has 0 unspecified atom stereocenters. The van der Waals surface area contributed by atoms with Crippen LogP contribution in [0.25, 0.3) is 10.9 Å². The third-order valence-electron chi connectivity index (χ3n) is 3.67. The molecule has 126 valence electrons. The quantitative estimate of drug-likeness (QED) is 0.692. The number of aromatic nitrogens is 1. The van der Waals surface area contributed by atoms with Crippen molar-refractivity contribution in [3.63, 3.8) is 0 Å². The van der Waals surface area contributed by atoms with E-state index < -0.39 is 6.29 Å². The summed E-state index contributed by atoms with van der Waals surface area (Å²) in [6.07, 6.45) is 0.433. The summed E-state index contributed by atoms with van der Waals surface area (Å²) in [6, 6.07) is 10.0. The summed E-state index contributed by atoms with van der Waals surface area (Å²) in [4.78, 5) is 4.70. The zero-order chi connectivity index (χ0) is 17.0. The Bertz CT molecular complexity index is 648. The van der Waals surface area contributed by atoms with E-state index in [2.05, 4.69) is 27.7 Å². The zero-order valence-corrected chi connectivity index (χ0v) is 14.9. The molecule has 0 amide bonds. The highest BCUT2D eigenvalue weighted by Gasteiger charge is 2.26. The number of fused-ring (bicyclic) bond motifs is 1. The highest BCUT2D eigenvalue weighted by Crippen LogP contribution is 2.33. The lowest BCUT2D eigenvalue weighted by Gasteiger charge is -2.29. The Labute approximate surface area is 138 Å². The van der Waals surface area contributed by atoms with E-state index >= 15 is 0 Å². The highest BCUT2D eigenvalue weighted by molar-refractivity contribution is 5.80. The monoisotopic (exact) mass is 317 g/mol. The minimum absolute atomic E-state index is 0.315. The fraction of sp³-hybridized carbons (Fsp3) is 0.526. The molecule has 4 heteroatoms. The van der Waals surface area contributed by atoms with Crippen molar-refractivity contribution in [1.82, 2.24) is 4.98 Å². The smallest absolute Gasteiger partial charge is 0.222 e. The van der Waals surface area contributed by atoms with Crippen molar-refractivity contribution in [2.75, 3.05) is 14.2 Å². The number of para-hydroxylation sites is 1. The predicted octanol–water partition coefficient (Wildman–Crippen LogP) is 4.73. The second-order valence-electron chi connectivity index (χ2n) is 6.84. The van der Waals surface area contributed by atoms with Crippen molar-refractivity contribution in [3.05, 3.63) is 35.9 Å². The highest BCUT2D eigenvalue weighted by atomic mass is 16.7. The van der Waals surface area contributed by atoms with Crippen LogP contribution in [0.1, 0.15) is 46.0 Å². The third kappa shape index (κ3) is 4.43. The number of hydrogen-bond donors (Lipinski definition) is 0. The van der Waals surface area contributed by atoms with Gasteiger partial charge in [-0.2, -0.15) is 0 Å². The maximum atomic E-state index is 6.27. The molecular weight excluding hydrogens is 290 g/mol. The van der Waals surface area contributed by atoms with Crippen molar-refractivity contribution >= 4 is 10.9 Å². The minimum Gasteiger partial charge on any atom is -0.471 e. The molecule has 0 aliphatic carbocycles. The summed E-state index contributed by atoms with van der Waals surface area (Å²) in [5.41, 5.74) is 1.40. The zero-order valence-electron chi connectivity index (χ0n) is 14.9. The molecule has 0 fully saturated rings. The Morgan fingerprint density at radius 2 is 1.74 bits per heavy atom. The van der Waals surface area contributed by atoms with Gasteiger partial charge in [0.2, 0.25) is 5.88 Å². The van der Waals surface area contributed by atoms with E-state index in [0.29, 0.717) is 11.8 Å². The number of methoxy groups -OCH3 is 2. The molecular formula is C19H27NO3. The first-order valence-corrected chi connectivity index (χ1v) is 8.00. The van der Waals surface area contributed by atoms with Gasteiger partial charge in [0, 0.05) is 19.6 Å². The van der Waals surface area contributed by atoms with Crippen LogP contribution in [0, 0.1) is 5.92 Å². The van der Waals surface area contributed by atoms with E-state index in [-0.39, 0.29) is 5.60 Å². The molecule has 0 aliphatic heterocycles. The summed E-state index contributed by atoms with van der Waals surface area (Å²) in [6.45, 7) is 8.55. The van der Waals surface area contributed by atoms with Crippen LogP contribution < -0.4 is 4.74 Å². The van der Waals surface area contributed by atoms with Gasteiger partial charge in [0.15, 0.2) is 6.29 Å². The first-order chi connectivity index (χ1) is 10.9. The van der Waals surface area contributed by atoms with Crippen LogP contribution in [0.4, 0.5) is 0 Å². The summed E-state index contributed by atoms with van der Waals surface area (Å²) >= 11 is 0. The molecule has 0 spiro atoms. The van der Waals surface area contributed by atoms with Crippen molar-refractivity contribution in [3.8, 4) is 5.88 Å². The van der Waals surface area contributed by atoms with E-state index in [1.807, 2.05) is 30.3 Å². The predicted molar refractivity (Wildman–Crippen MR) is 92.7 cm³/mol. The van der Waals surface area contributed by atoms with Crippen LogP contribution in [0.2, 0.25) is 0 Å². The molecule has 0 aliphatic rings. The standard InChI is InChI=1S/C19H27NO3/c1-13(2)12-19(3,4)23-17-15(18(21-5)22-6)11-14-9-7-8-10-16(14)20-17/h7-11,13,18H,12H2,1-6H3. The molecule has 0 saturated carbocycles. The van der Waals surface area contributed by atoms with Gasteiger partial charge in [0.25, 0.3) is 0 Å². The fourth-order valence-electron chi connectivity index (χ4n) is 3.00. The van der Waals surface area contributed by atoms with Crippen LogP contribution in [0.15, 0.2) is 30.3 Å². The largest absolute Gasteiger partial charge is 0.471 e. The molecule has 0 atom stereocenters. The van der Waals surface area contributed by atoms with E-state index in [1.165, 1.54) is 0 Å². The average Bonchev–Trinajstić information content (AvgIpc) is 2.47. The number of hydrogen-bond acceptors (Lipinski definition) is 4. The average molecular weight is 317 g/mol. The Kier molecular flexibility index (Phi) is 5.60. The van der Waals surface area contributed by atoms with Crippen molar-refractivity contribution in [2.45, 2.75) is 46.0 Å². The lowest BCUT2D eigenvalue weighted by Crippen LogP contribution is -2.31. The maximum absolute atomic E-state index is 6.27. The Balaban J connectivity index is 2.48. The second-order valence-corrected chi connectivity index (χ2v) is 6.84. The van der Waals surface area contributed by atoms with E-state index in [1.54, 1.807) is 14.2 Å². The van der Waals surface area contributed by atoms with Gasteiger partial charge in [-0.3, -0.25) is 0 Å². The van der Waals surface area contributed by atoms with E-state index in [4.69, 9.17) is 19.2 Å². The van der Waals surface area contributed by atoms with Crippen molar-refractivity contribution < 1.29 is 14.2 Å². The number of pyridine rings is 1. The molecule has 1 heterocycles. The van der Waals surface area contributed by atoms with Gasteiger partial charge in [0.05, 0.1) is 11.1 Å². The van der Waals surface area contributed by atoms with Crippen LogP contribution in [-0.4, -0.2) is 24.8 Å². The lowest BCUT2D eigenvalue weighted by atomic mass is 9.96. The summed E-state index contributed by atoms with van der Waals surface area (Å²) in [7, 11) is 3.23. The Morgan fingerprint density at radius 1 is 1.09 bits per heavy atom. The SMILES string of the molecule is COC(OC)c1cc2ccccc2nc1OC(C)(C)CC(C)C. The number of nitrogens with zero attached hydrogens (tertiary/aromatic N) is 1. The summed E-state index contributed by atoms with van der Waals surface area (Å²) in [5, 5.41) is 1.04. The van der Waals surface area contributed by atoms with E-state index in [0.717, 1.165) is 22.9 Å². The van der Waals surface area contributed by atoms with Gasteiger partial charge in [-0.15, -0.1) is 0 Å². The molecule has 0 radical (unpaired) electrons. The lowest BCUT2D eigenvalue weighted by molar-refractivity contribution is -0.108. The van der Waals surface area contributed by atoms with Gasteiger partial charge in [0.1, 0.15) is 5.60 Å². The summed E-state index contributed by atoms with van der Waals surface area (Å²) in [5.74, 6) is 1.11. The van der Waals surface area contributed by atoms with Crippen LogP contribution in [-0.2, 0) is 9.47 Å². The van der Waals surface area contributed by atoms with Crippen LogP contribution in [0.3, 0.4) is 0 Å².